The number of alkyl carbamates (subject to hydrolysis) is 1. The highest BCUT2D eigenvalue weighted by molar-refractivity contribution is 5.93. The Bertz CT molecular complexity index is 713. The van der Waals surface area contributed by atoms with Gasteiger partial charge in [0.15, 0.2) is 18.1 Å². The summed E-state index contributed by atoms with van der Waals surface area (Å²) < 4.78 is 20.9. The maximum Gasteiger partial charge on any atom is 0.407 e. The Morgan fingerprint density at radius 3 is 2.54 bits per heavy atom. The molecule has 2 amide bonds. The number of amides is 2. The SMILES string of the molecule is CC(C)(C)OC(=O)NCCCC(=O)OCC(=O)Nc1ccc2c(c1)OCCO2. The van der Waals surface area contributed by atoms with Crippen LogP contribution in [-0.2, 0) is 19.1 Å². The van der Waals surface area contributed by atoms with Gasteiger partial charge in [0, 0.05) is 24.7 Å². The Kier molecular flexibility index (Phi) is 7.48. The predicted molar refractivity (Wildman–Crippen MR) is 100 cm³/mol. The van der Waals surface area contributed by atoms with Crippen molar-refractivity contribution in [2.45, 2.75) is 39.2 Å². The molecule has 0 aromatic heterocycles. The molecule has 2 N–H and O–H groups in total. The minimum Gasteiger partial charge on any atom is -0.486 e. The molecular formula is C19H26N2O7. The normalized spacial score (nSPS) is 12.7. The van der Waals surface area contributed by atoms with Gasteiger partial charge in [-0.3, -0.25) is 9.59 Å². The van der Waals surface area contributed by atoms with E-state index in [0.29, 0.717) is 36.8 Å². The minimum atomic E-state index is -0.576. The van der Waals surface area contributed by atoms with E-state index in [0.717, 1.165) is 0 Å². The van der Waals surface area contributed by atoms with Gasteiger partial charge in [-0.15, -0.1) is 0 Å². The van der Waals surface area contributed by atoms with E-state index < -0.39 is 30.2 Å². The number of esters is 1. The maximum atomic E-state index is 11.9. The third-order valence-electron chi connectivity index (χ3n) is 3.42. The number of carbonyl (C=O) groups is 3. The van der Waals surface area contributed by atoms with E-state index in [-0.39, 0.29) is 13.0 Å². The highest BCUT2D eigenvalue weighted by atomic mass is 16.6. The van der Waals surface area contributed by atoms with E-state index in [1.54, 1.807) is 39.0 Å². The summed E-state index contributed by atoms with van der Waals surface area (Å²) in [6.07, 6.45) is -0.0886. The molecule has 0 bridgehead atoms. The lowest BCUT2D eigenvalue weighted by Crippen LogP contribution is -2.33. The summed E-state index contributed by atoms with van der Waals surface area (Å²) in [4.78, 5) is 35.0. The zero-order valence-electron chi connectivity index (χ0n) is 16.3. The molecule has 1 aromatic carbocycles. The number of fused-ring (bicyclic) bond motifs is 1. The number of anilines is 1. The van der Waals surface area contributed by atoms with Crippen LogP contribution in [0.3, 0.4) is 0 Å². The zero-order valence-corrected chi connectivity index (χ0v) is 16.3. The highest BCUT2D eigenvalue weighted by Gasteiger charge is 2.16. The molecule has 1 aromatic rings. The molecule has 1 aliphatic rings. The zero-order chi connectivity index (χ0) is 20.6. The fraction of sp³-hybridized carbons (Fsp3) is 0.526. The number of hydrogen-bond acceptors (Lipinski definition) is 7. The van der Waals surface area contributed by atoms with Crippen LogP contribution in [0.15, 0.2) is 18.2 Å². The fourth-order valence-electron chi connectivity index (χ4n) is 2.27. The van der Waals surface area contributed by atoms with E-state index in [1.807, 2.05) is 0 Å². The van der Waals surface area contributed by atoms with Crippen molar-refractivity contribution in [2.24, 2.45) is 0 Å². The van der Waals surface area contributed by atoms with Crippen LogP contribution >= 0.6 is 0 Å². The molecule has 9 heteroatoms. The standard InChI is InChI=1S/C19H26N2O7/c1-19(2,3)28-18(24)20-8-4-5-17(23)27-12-16(22)21-13-6-7-14-15(11-13)26-10-9-25-14/h6-7,11H,4-5,8-10,12H2,1-3H3,(H,20,24)(H,21,22). The molecule has 0 atom stereocenters. The summed E-state index contributed by atoms with van der Waals surface area (Å²) in [5.41, 5.74) is -0.0556. The van der Waals surface area contributed by atoms with Crippen LogP contribution in [0.1, 0.15) is 33.6 Å². The van der Waals surface area contributed by atoms with E-state index in [4.69, 9.17) is 18.9 Å². The monoisotopic (exact) mass is 394 g/mol. The van der Waals surface area contributed by atoms with Gasteiger partial charge in [0.05, 0.1) is 0 Å². The van der Waals surface area contributed by atoms with Gasteiger partial charge < -0.3 is 29.6 Å². The Morgan fingerprint density at radius 2 is 1.82 bits per heavy atom. The fourth-order valence-corrected chi connectivity index (χ4v) is 2.27. The van der Waals surface area contributed by atoms with Crippen molar-refractivity contribution in [1.82, 2.24) is 5.32 Å². The van der Waals surface area contributed by atoms with Gasteiger partial charge in [-0.25, -0.2) is 4.79 Å². The van der Waals surface area contributed by atoms with Crippen LogP contribution < -0.4 is 20.1 Å². The first-order valence-electron chi connectivity index (χ1n) is 9.05. The average molecular weight is 394 g/mol. The van der Waals surface area contributed by atoms with Crippen molar-refractivity contribution < 1.29 is 33.3 Å². The quantitative estimate of drug-likeness (QED) is 0.539. The molecule has 0 unspecified atom stereocenters. The molecule has 9 nitrogen and oxygen atoms in total. The lowest BCUT2D eigenvalue weighted by molar-refractivity contribution is -0.147. The van der Waals surface area contributed by atoms with E-state index in [9.17, 15) is 14.4 Å². The number of hydrogen-bond donors (Lipinski definition) is 2. The first-order valence-corrected chi connectivity index (χ1v) is 9.05. The van der Waals surface area contributed by atoms with Crippen molar-refractivity contribution in [3.63, 3.8) is 0 Å². The largest absolute Gasteiger partial charge is 0.486 e. The van der Waals surface area contributed by atoms with Gasteiger partial charge in [-0.1, -0.05) is 0 Å². The number of carbonyl (C=O) groups excluding carboxylic acids is 3. The Morgan fingerprint density at radius 1 is 1.11 bits per heavy atom. The van der Waals surface area contributed by atoms with Crippen LogP contribution in [0.5, 0.6) is 11.5 Å². The third kappa shape index (κ3) is 7.73. The predicted octanol–water partition coefficient (Wildman–Crippen LogP) is 2.24. The van der Waals surface area contributed by atoms with Gasteiger partial charge >= 0.3 is 12.1 Å². The van der Waals surface area contributed by atoms with Gasteiger partial charge in [0.25, 0.3) is 5.91 Å². The molecular weight excluding hydrogens is 368 g/mol. The van der Waals surface area contributed by atoms with Crippen LogP contribution in [0.25, 0.3) is 0 Å². The van der Waals surface area contributed by atoms with Crippen molar-refractivity contribution in [3.05, 3.63) is 18.2 Å². The first-order chi connectivity index (χ1) is 13.2. The topological polar surface area (TPSA) is 112 Å². The molecule has 0 fully saturated rings. The molecule has 1 aliphatic heterocycles. The van der Waals surface area contributed by atoms with Crippen molar-refractivity contribution in [2.75, 3.05) is 31.7 Å². The van der Waals surface area contributed by atoms with Crippen LogP contribution in [0.4, 0.5) is 10.5 Å². The lowest BCUT2D eigenvalue weighted by Gasteiger charge is -2.19. The van der Waals surface area contributed by atoms with Gasteiger partial charge in [-0.2, -0.15) is 0 Å². The molecule has 28 heavy (non-hydrogen) atoms. The summed E-state index contributed by atoms with van der Waals surface area (Å²) in [5.74, 6) is 0.189. The molecule has 2 rings (SSSR count). The second-order valence-corrected chi connectivity index (χ2v) is 7.10. The number of benzene rings is 1. The average Bonchev–Trinajstić information content (AvgIpc) is 2.62. The third-order valence-corrected chi connectivity index (χ3v) is 3.42. The Balaban J connectivity index is 1.62. The maximum absolute atomic E-state index is 11.9. The van der Waals surface area contributed by atoms with Crippen LogP contribution in [-0.4, -0.2) is 49.9 Å². The van der Waals surface area contributed by atoms with E-state index in [2.05, 4.69) is 10.6 Å². The van der Waals surface area contributed by atoms with Gasteiger partial charge in [0.1, 0.15) is 18.8 Å². The second-order valence-electron chi connectivity index (χ2n) is 7.10. The molecule has 0 saturated carbocycles. The molecule has 0 saturated heterocycles. The first kappa shape index (κ1) is 21.3. The minimum absolute atomic E-state index is 0.0765. The number of rotatable bonds is 7. The van der Waals surface area contributed by atoms with E-state index >= 15 is 0 Å². The molecule has 0 spiro atoms. The van der Waals surface area contributed by atoms with Gasteiger partial charge in [-0.05, 0) is 39.3 Å². The van der Waals surface area contributed by atoms with E-state index in [1.165, 1.54) is 0 Å². The molecule has 0 radical (unpaired) electrons. The lowest BCUT2D eigenvalue weighted by atomic mass is 10.2. The highest BCUT2D eigenvalue weighted by Crippen LogP contribution is 2.32. The molecule has 154 valence electrons. The van der Waals surface area contributed by atoms with Crippen molar-refractivity contribution in [1.29, 1.82) is 0 Å². The van der Waals surface area contributed by atoms with Crippen LogP contribution in [0.2, 0.25) is 0 Å². The summed E-state index contributed by atoms with van der Waals surface area (Å²) in [7, 11) is 0. The summed E-state index contributed by atoms with van der Waals surface area (Å²) in [6, 6.07) is 5.03. The van der Waals surface area contributed by atoms with Crippen LogP contribution in [0, 0.1) is 0 Å². The molecule has 1 heterocycles. The smallest absolute Gasteiger partial charge is 0.407 e. The Hall–Kier alpha value is -2.97. The Labute approximate surface area is 163 Å². The summed E-state index contributed by atoms with van der Waals surface area (Å²) in [6.45, 7) is 6.10. The van der Waals surface area contributed by atoms with Crippen molar-refractivity contribution >= 4 is 23.7 Å². The van der Waals surface area contributed by atoms with Crippen molar-refractivity contribution in [3.8, 4) is 11.5 Å². The summed E-state index contributed by atoms with van der Waals surface area (Å²) >= 11 is 0. The summed E-state index contributed by atoms with van der Waals surface area (Å²) in [5, 5.41) is 5.17. The number of ether oxygens (including phenoxy) is 4. The second kappa shape index (κ2) is 9.82. The number of nitrogens with one attached hydrogen (secondary N) is 2. The van der Waals surface area contributed by atoms with Gasteiger partial charge in [0.2, 0.25) is 0 Å². The molecule has 0 aliphatic carbocycles.